The predicted octanol–water partition coefficient (Wildman–Crippen LogP) is 3.18. The van der Waals surface area contributed by atoms with Crippen LogP contribution in [0.5, 0.6) is 11.5 Å². The molecule has 3 aromatic rings. The van der Waals surface area contributed by atoms with E-state index in [1.54, 1.807) is 30.3 Å². The third-order valence-electron chi connectivity index (χ3n) is 4.29. The minimum Gasteiger partial charge on any atom is -0.493 e. The first-order valence-electron chi connectivity index (χ1n) is 9.46. The number of hydrogen-bond acceptors (Lipinski definition) is 6. The summed E-state index contributed by atoms with van der Waals surface area (Å²) in [6.07, 6.45) is 4.54. The van der Waals surface area contributed by atoms with Gasteiger partial charge in [0.25, 0.3) is 11.8 Å². The SMILES string of the molecule is COc1cc(C=NNC(=O)c2ccncc2)ccc1OCC(=O)Nc1ccccc1C. The molecule has 8 nitrogen and oxygen atoms in total. The van der Waals surface area contributed by atoms with Gasteiger partial charge >= 0.3 is 0 Å². The van der Waals surface area contributed by atoms with Crippen molar-refractivity contribution in [3.8, 4) is 11.5 Å². The number of nitrogens with one attached hydrogen (secondary N) is 2. The molecule has 0 unspecified atom stereocenters. The van der Waals surface area contributed by atoms with Gasteiger partial charge < -0.3 is 14.8 Å². The minimum atomic E-state index is -0.342. The number of pyridine rings is 1. The smallest absolute Gasteiger partial charge is 0.271 e. The molecule has 0 aliphatic heterocycles. The zero-order valence-electron chi connectivity index (χ0n) is 17.2. The lowest BCUT2D eigenvalue weighted by atomic mass is 10.2. The number of nitrogens with zero attached hydrogens (tertiary/aromatic N) is 2. The molecular formula is C23H22N4O4. The van der Waals surface area contributed by atoms with Crippen molar-refractivity contribution in [2.24, 2.45) is 5.10 Å². The highest BCUT2D eigenvalue weighted by atomic mass is 16.5. The molecule has 8 heteroatoms. The second kappa shape index (κ2) is 10.5. The maximum Gasteiger partial charge on any atom is 0.271 e. The molecule has 0 spiro atoms. The third kappa shape index (κ3) is 6.14. The van der Waals surface area contributed by atoms with Crippen LogP contribution in [0.2, 0.25) is 0 Å². The van der Waals surface area contributed by atoms with Gasteiger partial charge in [-0.3, -0.25) is 14.6 Å². The summed E-state index contributed by atoms with van der Waals surface area (Å²) < 4.78 is 10.9. The van der Waals surface area contributed by atoms with Crippen molar-refractivity contribution in [3.05, 3.63) is 83.7 Å². The molecule has 1 aromatic heterocycles. The van der Waals surface area contributed by atoms with Crippen LogP contribution >= 0.6 is 0 Å². The average Bonchev–Trinajstić information content (AvgIpc) is 2.80. The number of carbonyl (C=O) groups excluding carboxylic acids is 2. The van der Waals surface area contributed by atoms with Gasteiger partial charge in [0.2, 0.25) is 0 Å². The van der Waals surface area contributed by atoms with E-state index in [4.69, 9.17) is 9.47 Å². The van der Waals surface area contributed by atoms with Crippen LogP contribution in [0.4, 0.5) is 5.69 Å². The van der Waals surface area contributed by atoms with Gasteiger partial charge in [0, 0.05) is 23.6 Å². The van der Waals surface area contributed by atoms with Gasteiger partial charge in [0.05, 0.1) is 13.3 Å². The normalized spacial score (nSPS) is 10.5. The quantitative estimate of drug-likeness (QED) is 0.432. The number of hydrazone groups is 1. The monoisotopic (exact) mass is 418 g/mol. The van der Waals surface area contributed by atoms with E-state index >= 15 is 0 Å². The number of rotatable bonds is 8. The molecule has 2 N–H and O–H groups in total. The molecule has 0 fully saturated rings. The summed E-state index contributed by atoms with van der Waals surface area (Å²) >= 11 is 0. The summed E-state index contributed by atoms with van der Waals surface area (Å²) in [5, 5.41) is 6.76. The van der Waals surface area contributed by atoms with Crippen LogP contribution in [-0.2, 0) is 4.79 Å². The van der Waals surface area contributed by atoms with Gasteiger partial charge in [-0.15, -0.1) is 0 Å². The van der Waals surface area contributed by atoms with E-state index in [9.17, 15) is 9.59 Å². The lowest BCUT2D eigenvalue weighted by molar-refractivity contribution is -0.118. The van der Waals surface area contributed by atoms with Crippen LogP contribution < -0.4 is 20.2 Å². The molecule has 158 valence electrons. The van der Waals surface area contributed by atoms with E-state index in [1.807, 2.05) is 31.2 Å². The van der Waals surface area contributed by atoms with Gasteiger partial charge in [-0.05, 0) is 54.4 Å². The average molecular weight is 418 g/mol. The minimum absolute atomic E-state index is 0.167. The Morgan fingerprint density at radius 2 is 1.84 bits per heavy atom. The van der Waals surface area contributed by atoms with Crippen molar-refractivity contribution in [2.45, 2.75) is 6.92 Å². The van der Waals surface area contributed by atoms with Crippen LogP contribution in [0, 0.1) is 6.92 Å². The van der Waals surface area contributed by atoms with Crippen molar-refractivity contribution < 1.29 is 19.1 Å². The third-order valence-corrected chi connectivity index (χ3v) is 4.29. The number of ether oxygens (including phenoxy) is 2. The fourth-order valence-corrected chi connectivity index (χ4v) is 2.66. The fourth-order valence-electron chi connectivity index (χ4n) is 2.66. The summed E-state index contributed by atoms with van der Waals surface area (Å²) in [7, 11) is 1.50. The van der Waals surface area contributed by atoms with E-state index in [0.29, 0.717) is 22.6 Å². The Morgan fingerprint density at radius 3 is 2.58 bits per heavy atom. The molecule has 0 aliphatic rings. The molecule has 0 saturated carbocycles. The number of aromatic nitrogens is 1. The number of para-hydroxylation sites is 1. The van der Waals surface area contributed by atoms with Crippen LogP contribution in [0.25, 0.3) is 0 Å². The number of benzene rings is 2. The molecule has 0 aliphatic carbocycles. The molecule has 2 amide bonds. The molecule has 31 heavy (non-hydrogen) atoms. The Morgan fingerprint density at radius 1 is 1.06 bits per heavy atom. The topological polar surface area (TPSA) is 102 Å². The summed E-state index contributed by atoms with van der Waals surface area (Å²) in [5.74, 6) is 0.236. The molecular weight excluding hydrogens is 396 g/mol. The summed E-state index contributed by atoms with van der Waals surface area (Å²) in [5.41, 5.74) is 5.29. The number of anilines is 1. The second-order valence-electron chi connectivity index (χ2n) is 6.50. The maximum absolute atomic E-state index is 12.2. The van der Waals surface area contributed by atoms with E-state index < -0.39 is 0 Å². The molecule has 0 atom stereocenters. The van der Waals surface area contributed by atoms with Crippen molar-refractivity contribution in [3.63, 3.8) is 0 Å². The van der Waals surface area contributed by atoms with Gasteiger partial charge in [0.1, 0.15) is 0 Å². The molecule has 1 heterocycles. The fraction of sp³-hybridized carbons (Fsp3) is 0.130. The number of amides is 2. The van der Waals surface area contributed by atoms with Crippen molar-refractivity contribution in [1.29, 1.82) is 0 Å². The maximum atomic E-state index is 12.2. The van der Waals surface area contributed by atoms with E-state index in [-0.39, 0.29) is 18.4 Å². The lowest BCUT2D eigenvalue weighted by Crippen LogP contribution is -2.20. The Hall–Kier alpha value is -4.20. The zero-order valence-corrected chi connectivity index (χ0v) is 17.2. The van der Waals surface area contributed by atoms with E-state index in [2.05, 4.69) is 20.8 Å². The van der Waals surface area contributed by atoms with Crippen molar-refractivity contribution >= 4 is 23.7 Å². The van der Waals surface area contributed by atoms with Crippen molar-refractivity contribution in [2.75, 3.05) is 19.0 Å². The Balaban J connectivity index is 1.57. The Bertz CT molecular complexity index is 1080. The van der Waals surface area contributed by atoms with E-state index in [1.165, 1.54) is 25.7 Å². The summed E-state index contributed by atoms with van der Waals surface area (Å²) in [4.78, 5) is 28.0. The lowest BCUT2D eigenvalue weighted by Gasteiger charge is -2.12. The molecule has 0 bridgehead atoms. The number of aryl methyl sites for hydroxylation is 1. The van der Waals surface area contributed by atoms with Crippen LogP contribution in [0.15, 0.2) is 72.1 Å². The molecule has 0 saturated heterocycles. The van der Waals surface area contributed by atoms with E-state index in [0.717, 1.165) is 11.3 Å². The molecule has 3 rings (SSSR count). The highest BCUT2D eigenvalue weighted by molar-refractivity contribution is 5.95. The Labute approximate surface area is 179 Å². The van der Waals surface area contributed by atoms with Gasteiger partial charge in [0.15, 0.2) is 18.1 Å². The van der Waals surface area contributed by atoms with Crippen LogP contribution in [-0.4, -0.2) is 36.7 Å². The number of hydrogen-bond donors (Lipinski definition) is 2. The highest BCUT2D eigenvalue weighted by Gasteiger charge is 2.10. The number of carbonyl (C=O) groups is 2. The Kier molecular flexibility index (Phi) is 7.31. The van der Waals surface area contributed by atoms with Gasteiger partial charge in [-0.1, -0.05) is 18.2 Å². The summed E-state index contributed by atoms with van der Waals surface area (Å²) in [6, 6.07) is 15.8. The molecule has 2 aromatic carbocycles. The standard InChI is InChI=1S/C23H22N4O4/c1-16-5-3-4-6-19(16)26-22(28)15-31-20-8-7-17(13-21(20)30-2)14-25-27-23(29)18-9-11-24-12-10-18/h3-14H,15H2,1-2H3,(H,26,28)(H,27,29). The largest absolute Gasteiger partial charge is 0.493 e. The highest BCUT2D eigenvalue weighted by Crippen LogP contribution is 2.27. The van der Waals surface area contributed by atoms with Gasteiger partial charge in [-0.2, -0.15) is 5.10 Å². The van der Waals surface area contributed by atoms with Crippen LogP contribution in [0.1, 0.15) is 21.5 Å². The van der Waals surface area contributed by atoms with Gasteiger partial charge in [-0.25, -0.2) is 5.43 Å². The number of methoxy groups -OCH3 is 1. The second-order valence-corrected chi connectivity index (χ2v) is 6.50. The molecule has 0 radical (unpaired) electrons. The first-order valence-corrected chi connectivity index (χ1v) is 9.46. The summed E-state index contributed by atoms with van der Waals surface area (Å²) in [6.45, 7) is 1.75. The first-order chi connectivity index (χ1) is 15.1. The first kappa shape index (κ1) is 21.5. The van der Waals surface area contributed by atoms with Crippen molar-refractivity contribution in [1.82, 2.24) is 10.4 Å². The predicted molar refractivity (Wildman–Crippen MR) is 118 cm³/mol. The van der Waals surface area contributed by atoms with Crippen LogP contribution in [0.3, 0.4) is 0 Å². The zero-order chi connectivity index (χ0) is 22.1.